The summed E-state index contributed by atoms with van der Waals surface area (Å²) in [6.45, 7) is 9.02. The molecule has 0 saturated carbocycles. The first kappa shape index (κ1) is 31.9. The number of nitrogens with one attached hydrogen (secondary N) is 2. The summed E-state index contributed by atoms with van der Waals surface area (Å²) in [4.78, 5) is 2.33. The van der Waals surface area contributed by atoms with E-state index in [1.807, 2.05) is 0 Å². The van der Waals surface area contributed by atoms with Crippen molar-refractivity contribution < 1.29 is 0 Å². The molecule has 0 bridgehead atoms. The van der Waals surface area contributed by atoms with Gasteiger partial charge in [-0.15, -0.1) is 0 Å². The summed E-state index contributed by atoms with van der Waals surface area (Å²) in [5.74, 6) is 0.546. The summed E-state index contributed by atoms with van der Waals surface area (Å²) in [5, 5.41) is 7.15. The average molecular weight is 596 g/mol. The van der Waals surface area contributed by atoms with Gasteiger partial charge in [-0.05, 0) is 140 Å². The number of aryl methyl sites for hydroxylation is 2. The predicted octanol–water partition coefficient (Wildman–Crippen LogP) is 12.8. The molecule has 0 heterocycles. The fraction of sp³-hybridized carbons (Fsp3) is 0.286. The van der Waals surface area contributed by atoms with Gasteiger partial charge in [-0.25, -0.2) is 0 Å². The maximum atomic E-state index is 3.58. The van der Waals surface area contributed by atoms with Crippen molar-refractivity contribution in [3.05, 3.63) is 138 Å². The molecule has 0 aliphatic rings. The first-order valence-electron chi connectivity index (χ1n) is 16.9. The van der Waals surface area contributed by atoms with E-state index in [4.69, 9.17) is 0 Å². The maximum Gasteiger partial charge on any atom is 0.0463 e. The Morgan fingerprint density at radius 3 is 1.13 bits per heavy atom. The minimum atomic E-state index is 0.546. The predicted molar refractivity (Wildman–Crippen MR) is 197 cm³/mol. The summed E-state index contributed by atoms with van der Waals surface area (Å²) in [7, 11) is 0. The molecule has 0 saturated heterocycles. The third-order valence-electron chi connectivity index (χ3n) is 8.71. The zero-order valence-electron chi connectivity index (χ0n) is 27.5. The molecular weight excluding hydrogens is 546 g/mol. The number of hydrogen-bond donors (Lipinski definition) is 2. The van der Waals surface area contributed by atoms with Crippen LogP contribution in [0.5, 0.6) is 0 Å². The molecule has 0 aromatic heterocycles. The molecule has 5 rings (SSSR count). The van der Waals surface area contributed by atoms with Crippen molar-refractivity contribution >= 4 is 39.8 Å². The topological polar surface area (TPSA) is 27.3 Å². The second-order valence-corrected chi connectivity index (χ2v) is 12.2. The molecule has 0 aliphatic carbocycles. The quantitative estimate of drug-likeness (QED) is 0.126. The summed E-state index contributed by atoms with van der Waals surface area (Å²) >= 11 is 0. The third kappa shape index (κ3) is 8.79. The largest absolute Gasteiger partial charge is 0.356 e. The van der Waals surface area contributed by atoms with E-state index in [1.54, 1.807) is 0 Å². The average Bonchev–Trinajstić information content (AvgIpc) is 3.09. The summed E-state index contributed by atoms with van der Waals surface area (Å²) in [6, 6.07) is 44.2. The van der Waals surface area contributed by atoms with Gasteiger partial charge in [-0.3, -0.25) is 0 Å². The van der Waals surface area contributed by atoms with Crippen molar-refractivity contribution in [3.63, 3.8) is 0 Å². The van der Waals surface area contributed by atoms with Crippen molar-refractivity contribution in [3.8, 4) is 0 Å². The van der Waals surface area contributed by atoms with Gasteiger partial charge in [-0.2, -0.15) is 0 Å². The molecule has 3 nitrogen and oxygen atoms in total. The van der Waals surface area contributed by atoms with Crippen molar-refractivity contribution in [1.29, 1.82) is 0 Å². The van der Waals surface area contributed by atoms with E-state index >= 15 is 0 Å². The SMILES string of the molecule is CCCCc1ccc(Nc2ccc(N(c3ccc(Nc4ccc(CCCC)cc4)cc3)c3ccc(C(C)CC)cc3)cc2)cc1. The molecule has 1 unspecified atom stereocenters. The van der Waals surface area contributed by atoms with Crippen LogP contribution in [0.3, 0.4) is 0 Å². The Hall–Kier alpha value is -4.50. The molecule has 2 N–H and O–H groups in total. The van der Waals surface area contributed by atoms with Crippen molar-refractivity contribution in [1.82, 2.24) is 0 Å². The molecule has 0 fully saturated rings. The lowest BCUT2D eigenvalue weighted by Crippen LogP contribution is -2.10. The van der Waals surface area contributed by atoms with Gasteiger partial charge < -0.3 is 15.5 Å². The van der Waals surface area contributed by atoms with Gasteiger partial charge in [0.2, 0.25) is 0 Å². The van der Waals surface area contributed by atoms with E-state index in [1.165, 1.54) is 42.4 Å². The van der Waals surface area contributed by atoms with Crippen LogP contribution < -0.4 is 15.5 Å². The van der Waals surface area contributed by atoms with Crippen LogP contribution in [0.15, 0.2) is 121 Å². The van der Waals surface area contributed by atoms with Crippen LogP contribution in [-0.2, 0) is 12.8 Å². The molecule has 0 aliphatic heterocycles. The summed E-state index contributed by atoms with van der Waals surface area (Å²) in [5.41, 5.74) is 11.9. The van der Waals surface area contributed by atoms with Crippen LogP contribution >= 0.6 is 0 Å². The highest BCUT2D eigenvalue weighted by Crippen LogP contribution is 2.37. The highest BCUT2D eigenvalue weighted by molar-refractivity contribution is 5.79. The van der Waals surface area contributed by atoms with E-state index in [-0.39, 0.29) is 0 Å². The zero-order chi connectivity index (χ0) is 31.4. The Morgan fingerprint density at radius 1 is 0.467 bits per heavy atom. The van der Waals surface area contributed by atoms with Crippen LogP contribution in [0.25, 0.3) is 0 Å². The minimum Gasteiger partial charge on any atom is -0.356 e. The van der Waals surface area contributed by atoms with Gasteiger partial charge >= 0.3 is 0 Å². The summed E-state index contributed by atoms with van der Waals surface area (Å²) < 4.78 is 0. The number of anilines is 7. The van der Waals surface area contributed by atoms with E-state index in [9.17, 15) is 0 Å². The molecule has 5 aromatic rings. The van der Waals surface area contributed by atoms with Gasteiger partial charge in [0.05, 0.1) is 0 Å². The lowest BCUT2D eigenvalue weighted by Gasteiger charge is -2.26. The monoisotopic (exact) mass is 595 g/mol. The van der Waals surface area contributed by atoms with Gasteiger partial charge in [0.1, 0.15) is 0 Å². The number of unbranched alkanes of at least 4 members (excludes halogenated alkanes) is 2. The maximum absolute atomic E-state index is 3.58. The number of rotatable bonds is 15. The molecule has 3 heteroatoms. The number of benzene rings is 5. The molecule has 232 valence electrons. The molecule has 0 spiro atoms. The lowest BCUT2D eigenvalue weighted by atomic mass is 9.98. The lowest BCUT2D eigenvalue weighted by molar-refractivity contribution is 0.733. The molecule has 5 aromatic carbocycles. The number of nitrogens with zero attached hydrogens (tertiary/aromatic N) is 1. The van der Waals surface area contributed by atoms with E-state index in [2.05, 4.69) is 165 Å². The molecule has 0 amide bonds. The van der Waals surface area contributed by atoms with Gasteiger partial charge in [0.15, 0.2) is 0 Å². The Kier molecular flexibility index (Phi) is 11.3. The fourth-order valence-electron chi connectivity index (χ4n) is 5.63. The third-order valence-corrected chi connectivity index (χ3v) is 8.71. The Labute approximate surface area is 271 Å². The molecule has 1 atom stereocenters. The second-order valence-electron chi connectivity index (χ2n) is 12.2. The van der Waals surface area contributed by atoms with Crippen LogP contribution in [0.1, 0.15) is 82.4 Å². The Balaban J connectivity index is 1.35. The smallest absolute Gasteiger partial charge is 0.0463 e. The van der Waals surface area contributed by atoms with E-state index in [0.717, 1.165) is 59.1 Å². The van der Waals surface area contributed by atoms with Crippen LogP contribution in [-0.4, -0.2) is 0 Å². The number of hydrogen-bond acceptors (Lipinski definition) is 3. The van der Waals surface area contributed by atoms with Crippen LogP contribution in [0.2, 0.25) is 0 Å². The van der Waals surface area contributed by atoms with Gasteiger partial charge in [0.25, 0.3) is 0 Å². The highest BCUT2D eigenvalue weighted by atomic mass is 15.1. The second kappa shape index (κ2) is 16.0. The van der Waals surface area contributed by atoms with Crippen molar-refractivity contribution in [2.75, 3.05) is 15.5 Å². The van der Waals surface area contributed by atoms with E-state index in [0.29, 0.717) is 5.92 Å². The minimum absolute atomic E-state index is 0.546. The highest BCUT2D eigenvalue weighted by Gasteiger charge is 2.14. The van der Waals surface area contributed by atoms with Crippen molar-refractivity contribution in [2.45, 2.75) is 78.6 Å². The van der Waals surface area contributed by atoms with E-state index < -0.39 is 0 Å². The van der Waals surface area contributed by atoms with Crippen molar-refractivity contribution in [2.24, 2.45) is 0 Å². The van der Waals surface area contributed by atoms with Crippen LogP contribution in [0.4, 0.5) is 39.8 Å². The molecule has 45 heavy (non-hydrogen) atoms. The molecule has 0 radical (unpaired) electrons. The standard InChI is InChI=1S/C42H49N3/c1-5-8-10-33-12-18-36(19-13-33)43-38-22-28-41(29-23-38)45(40-26-16-35(17-27-40)32(4)7-3)42-30-24-39(25-31-42)44-37-20-14-34(15-21-37)11-9-6-2/h12-32,43-44H,5-11H2,1-4H3. The first-order chi connectivity index (χ1) is 22.1. The Morgan fingerprint density at radius 2 is 0.800 bits per heavy atom. The first-order valence-corrected chi connectivity index (χ1v) is 16.9. The molecular formula is C42H49N3. The fourth-order valence-corrected chi connectivity index (χ4v) is 5.63. The summed E-state index contributed by atoms with van der Waals surface area (Å²) in [6.07, 6.45) is 8.33. The van der Waals surface area contributed by atoms with Gasteiger partial charge in [0, 0.05) is 39.8 Å². The Bertz CT molecular complexity index is 1470. The van der Waals surface area contributed by atoms with Gasteiger partial charge in [-0.1, -0.05) is 76.9 Å². The normalized spacial score (nSPS) is 11.6. The van der Waals surface area contributed by atoms with Crippen LogP contribution in [0, 0.1) is 0 Å². The zero-order valence-corrected chi connectivity index (χ0v) is 27.5.